The molecule has 122 valence electrons. The second-order valence-corrected chi connectivity index (χ2v) is 4.97. The molecule has 2 atom stereocenters. The summed E-state index contributed by atoms with van der Waals surface area (Å²) in [5, 5.41) is 11.0. The molecule has 9 heteroatoms. The second kappa shape index (κ2) is 7.48. The number of carboxylic acid groups (broad SMARTS) is 1. The van der Waals surface area contributed by atoms with E-state index < -0.39 is 30.2 Å². The molecule has 21 heavy (non-hydrogen) atoms. The Hall–Kier alpha value is -1.51. The molecule has 2 N–H and O–H groups in total. The Kier molecular flexibility index (Phi) is 6.25. The van der Waals surface area contributed by atoms with E-state index in [-0.39, 0.29) is 32.5 Å². The minimum absolute atomic E-state index is 0.0208. The molecule has 0 aliphatic carbocycles. The number of hydrogen-bond donors (Lipinski definition) is 2. The highest BCUT2D eigenvalue weighted by atomic mass is 19.4. The largest absolute Gasteiger partial charge is 0.481 e. The lowest BCUT2D eigenvalue weighted by Gasteiger charge is -2.33. The SMILES string of the molecule is COC(CNC(=O)N1CCCC(C(F)(F)F)C1)CC(=O)O. The maximum Gasteiger partial charge on any atom is 0.393 e. The number of amides is 2. The van der Waals surface area contributed by atoms with E-state index in [0.29, 0.717) is 6.42 Å². The number of aliphatic carboxylic acids is 1. The summed E-state index contributed by atoms with van der Waals surface area (Å²) in [7, 11) is 1.31. The Morgan fingerprint density at radius 2 is 2.14 bits per heavy atom. The maximum atomic E-state index is 12.6. The van der Waals surface area contributed by atoms with Crippen LogP contribution in [0.15, 0.2) is 0 Å². The monoisotopic (exact) mass is 312 g/mol. The molecule has 1 fully saturated rings. The Balaban J connectivity index is 2.46. The van der Waals surface area contributed by atoms with Gasteiger partial charge in [-0.25, -0.2) is 4.79 Å². The molecule has 1 saturated heterocycles. The van der Waals surface area contributed by atoms with Gasteiger partial charge in [-0.3, -0.25) is 4.79 Å². The van der Waals surface area contributed by atoms with Gasteiger partial charge in [0.05, 0.1) is 18.4 Å². The molecule has 1 heterocycles. The molecular formula is C12H19F3N2O4. The topological polar surface area (TPSA) is 78.9 Å². The predicted molar refractivity (Wildman–Crippen MR) is 66.8 cm³/mol. The second-order valence-electron chi connectivity index (χ2n) is 4.97. The van der Waals surface area contributed by atoms with Crippen molar-refractivity contribution in [3.05, 3.63) is 0 Å². The molecule has 0 aromatic carbocycles. The fourth-order valence-electron chi connectivity index (χ4n) is 2.18. The van der Waals surface area contributed by atoms with E-state index in [1.54, 1.807) is 0 Å². The van der Waals surface area contributed by atoms with Gasteiger partial charge in [-0.2, -0.15) is 13.2 Å². The number of methoxy groups -OCH3 is 1. The molecule has 0 bridgehead atoms. The van der Waals surface area contributed by atoms with Crippen LogP contribution in [0, 0.1) is 5.92 Å². The maximum absolute atomic E-state index is 12.6. The van der Waals surface area contributed by atoms with Gasteiger partial charge in [-0.1, -0.05) is 0 Å². The first kappa shape index (κ1) is 17.5. The van der Waals surface area contributed by atoms with E-state index >= 15 is 0 Å². The van der Waals surface area contributed by atoms with Crippen LogP contribution < -0.4 is 5.32 Å². The molecule has 0 radical (unpaired) electrons. The Morgan fingerprint density at radius 1 is 1.48 bits per heavy atom. The number of likely N-dealkylation sites (tertiary alicyclic amines) is 1. The first-order chi connectivity index (χ1) is 9.74. The number of ether oxygens (including phenoxy) is 1. The van der Waals surface area contributed by atoms with Crippen molar-refractivity contribution >= 4 is 12.0 Å². The van der Waals surface area contributed by atoms with E-state index in [2.05, 4.69) is 5.32 Å². The first-order valence-electron chi connectivity index (χ1n) is 6.58. The van der Waals surface area contributed by atoms with Gasteiger partial charge in [-0.05, 0) is 12.8 Å². The Labute approximate surface area is 120 Å². The minimum atomic E-state index is -4.31. The molecule has 2 amide bonds. The number of urea groups is 1. The van der Waals surface area contributed by atoms with Crippen LogP contribution in [-0.2, 0) is 9.53 Å². The summed E-state index contributed by atoms with van der Waals surface area (Å²) in [6, 6.07) is -0.628. The summed E-state index contributed by atoms with van der Waals surface area (Å²) in [6.45, 7) is -0.171. The van der Waals surface area contributed by atoms with Gasteiger partial charge in [0.2, 0.25) is 0 Å². The zero-order valence-electron chi connectivity index (χ0n) is 11.7. The van der Waals surface area contributed by atoms with Crippen LogP contribution in [0.2, 0.25) is 0 Å². The van der Waals surface area contributed by atoms with Crippen LogP contribution in [-0.4, -0.2) is 61.0 Å². The smallest absolute Gasteiger partial charge is 0.393 e. The van der Waals surface area contributed by atoms with Crippen molar-refractivity contribution in [1.82, 2.24) is 10.2 Å². The van der Waals surface area contributed by atoms with E-state index in [9.17, 15) is 22.8 Å². The lowest BCUT2D eigenvalue weighted by atomic mass is 9.98. The highest BCUT2D eigenvalue weighted by Gasteiger charge is 2.42. The molecule has 2 unspecified atom stereocenters. The number of halogens is 3. The number of nitrogens with one attached hydrogen (secondary N) is 1. The first-order valence-corrected chi connectivity index (χ1v) is 6.58. The molecular weight excluding hydrogens is 293 g/mol. The van der Waals surface area contributed by atoms with E-state index in [0.717, 1.165) is 4.90 Å². The van der Waals surface area contributed by atoms with Crippen molar-refractivity contribution < 1.29 is 32.6 Å². The van der Waals surface area contributed by atoms with Gasteiger partial charge in [0.25, 0.3) is 0 Å². The van der Waals surface area contributed by atoms with Gasteiger partial charge >= 0.3 is 18.2 Å². The number of carbonyl (C=O) groups is 2. The number of piperidine rings is 1. The fraction of sp³-hybridized carbons (Fsp3) is 0.833. The normalized spacial score (nSPS) is 21.0. The molecule has 1 aliphatic heterocycles. The average molecular weight is 312 g/mol. The number of rotatable bonds is 5. The summed E-state index contributed by atoms with van der Waals surface area (Å²) in [5.41, 5.74) is 0. The van der Waals surface area contributed by atoms with E-state index in [1.165, 1.54) is 7.11 Å². The van der Waals surface area contributed by atoms with Crippen molar-refractivity contribution in [2.75, 3.05) is 26.7 Å². The quantitative estimate of drug-likeness (QED) is 0.805. The van der Waals surface area contributed by atoms with Crippen molar-refractivity contribution in [2.45, 2.75) is 31.5 Å². The summed E-state index contributed by atoms with van der Waals surface area (Å²) in [5.74, 6) is -2.58. The summed E-state index contributed by atoms with van der Waals surface area (Å²) in [4.78, 5) is 23.5. The molecule has 0 aromatic heterocycles. The summed E-state index contributed by atoms with van der Waals surface area (Å²) >= 11 is 0. The third-order valence-corrected chi connectivity index (χ3v) is 3.39. The number of carbonyl (C=O) groups excluding carboxylic acids is 1. The van der Waals surface area contributed by atoms with Crippen LogP contribution in [0.5, 0.6) is 0 Å². The van der Waals surface area contributed by atoms with Gasteiger partial charge in [0, 0.05) is 26.7 Å². The minimum Gasteiger partial charge on any atom is -0.481 e. The third-order valence-electron chi connectivity index (χ3n) is 3.39. The van der Waals surface area contributed by atoms with Crippen LogP contribution in [0.25, 0.3) is 0 Å². The fourth-order valence-corrected chi connectivity index (χ4v) is 2.18. The average Bonchev–Trinajstić information content (AvgIpc) is 2.41. The van der Waals surface area contributed by atoms with Crippen molar-refractivity contribution in [3.8, 4) is 0 Å². The van der Waals surface area contributed by atoms with Gasteiger partial charge in [0.15, 0.2) is 0 Å². The molecule has 0 spiro atoms. The lowest BCUT2D eigenvalue weighted by molar-refractivity contribution is -0.184. The predicted octanol–water partition coefficient (Wildman–Crippen LogP) is 1.46. The lowest BCUT2D eigenvalue weighted by Crippen LogP contribution is -2.50. The van der Waals surface area contributed by atoms with Gasteiger partial charge in [0.1, 0.15) is 0 Å². The number of nitrogens with zero attached hydrogens (tertiary/aromatic N) is 1. The van der Waals surface area contributed by atoms with E-state index in [4.69, 9.17) is 9.84 Å². The van der Waals surface area contributed by atoms with Gasteiger partial charge in [-0.15, -0.1) is 0 Å². The summed E-state index contributed by atoms with van der Waals surface area (Å²) in [6.07, 6.45) is -5.00. The summed E-state index contributed by atoms with van der Waals surface area (Å²) < 4.78 is 42.8. The number of carboxylic acids is 1. The molecule has 0 saturated carbocycles. The van der Waals surface area contributed by atoms with Crippen LogP contribution >= 0.6 is 0 Å². The van der Waals surface area contributed by atoms with Crippen LogP contribution in [0.4, 0.5) is 18.0 Å². The molecule has 1 aliphatic rings. The van der Waals surface area contributed by atoms with Crippen LogP contribution in [0.1, 0.15) is 19.3 Å². The highest BCUT2D eigenvalue weighted by Crippen LogP contribution is 2.33. The highest BCUT2D eigenvalue weighted by molar-refractivity contribution is 5.74. The van der Waals surface area contributed by atoms with Crippen molar-refractivity contribution in [1.29, 1.82) is 0 Å². The molecule has 1 rings (SSSR count). The Morgan fingerprint density at radius 3 is 2.67 bits per heavy atom. The molecule has 0 aromatic rings. The standard InChI is InChI=1S/C12H19F3N2O4/c1-21-9(5-10(18)19)6-16-11(20)17-4-2-3-8(7-17)12(13,14)15/h8-9H,2-7H2,1H3,(H,16,20)(H,18,19). The van der Waals surface area contributed by atoms with Crippen molar-refractivity contribution in [2.24, 2.45) is 5.92 Å². The zero-order chi connectivity index (χ0) is 16.0. The third kappa shape index (κ3) is 5.78. The van der Waals surface area contributed by atoms with E-state index in [1.807, 2.05) is 0 Å². The Bertz CT molecular complexity index is 376. The van der Waals surface area contributed by atoms with Crippen LogP contribution in [0.3, 0.4) is 0 Å². The van der Waals surface area contributed by atoms with Gasteiger partial charge < -0.3 is 20.1 Å². The zero-order valence-corrected chi connectivity index (χ0v) is 11.7. The number of hydrogen-bond acceptors (Lipinski definition) is 3. The van der Waals surface area contributed by atoms with Crippen molar-refractivity contribution in [3.63, 3.8) is 0 Å². The molecule has 6 nitrogen and oxygen atoms in total. The number of alkyl halides is 3.